The Balaban J connectivity index is 1.33. The Labute approximate surface area is 164 Å². The SMILES string of the molecule is CC12CCCC3CC(C4CCCC(CC5=CNC(N)C=C5)C4)(CC(N)C31)O2. The van der Waals surface area contributed by atoms with Gasteiger partial charge >= 0.3 is 0 Å². The molecule has 0 radical (unpaired) electrons. The number of nitrogens with two attached hydrogens (primary N) is 2. The summed E-state index contributed by atoms with van der Waals surface area (Å²) in [6, 6.07) is 0.345. The lowest BCUT2D eigenvalue weighted by Crippen LogP contribution is -2.71. The zero-order valence-electron chi connectivity index (χ0n) is 16.8. The molecule has 5 fully saturated rings. The molecule has 4 heteroatoms. The highest BCUT2D eigenvalue weighted by Crippen LogP contribution is 2.61. The molecular formula is C23H37N3O. The molecule has 0 aromatic rings. The fourth-order valence-corrected chi connectivity index (χ4v) is 7.68. The van der Waals surface area contributed by atoms with Gasteiger partial charge < -0.3 is 21.5 Å². The molecule has 2 saturated heterocycles. The van der Waals surface area contributed by atoms with E-state index in [2.05, 4.69) is 30.6 Å². The normalized spacial score (nSPS) is 51.6. The van der Waals surface area contributed by atoms with Gasteiger partial charge in [0, 0.05) is 18.2 Å². The Kier molecular flexibility index (Phi) is 4.45. The van der Waals surface area contributed by atoms with Crippen LogP contribution in [0.3, 0.4) is 0 Å². The van der Waals surface area contributed by atoms with Gasteiger partial charge in [0.15, 0.2) is 0 Å². The second kappa shape index (κ2) is 6.60. The first-order chi connectivity index (χ1) is 13.0. The third kappa shape index (κ3) is 3.08. The highest BCUT2D eigenvalue weighted by Gasteiger charge is 2.63. The van der Waals surface area contributed by atoms with E-state index in [4.69, 9.17) is 16.2 Å². The van der Waals surface area contributed by atoms with E-state index in [0.717, 1.165) is 24.7 Å². The molecule has 6 aliphatic rings. The molecule has 3 heterocycles. The van der Waals surface area contributed by atoms with Gasteiger partial charge in [-0.1, -0.05) is 25.3 Å². The number of nitrogens with one attached hydrogen (secondary N) is 1. The van der Waals surface area contributed by atoms with Gasteiger partial charge in [-0.25, -0.2) is 0 Å². The minimum Gasteiger partial charge on any atom is -0.372 e. The lowest BCUT2D eigenvalue weighted by atomic mass is 9.51. The third-order valence-electron chi connectivity index (χ3n) is 8.58. The van der Waals surface area contributed by atoms with Crippen molar-refractivity contribution in [1.82, 2.24) is 5.32 Å². The summed E-state index contributed by atoms with van der Waals surface area (Å²) in [5, 5.41) is 3.25. The maximum Gasteiger partial charge on any atom is 0.0934 e. The predicted molar refractivity (Wildman–Crippen MR) is 109 cm³/mol. The first-order valence-electron chi connectivity index (χ1n) is 11.3. The molecule has 3 aliphatic heterocycles. The third-order valence-corrected chi connectivity index (χ3v) is 8.58. The fraction of sp³-hybridized carbons (Fsp3) is 0.826. The number of fused-ring (bicyclic) bond motifs is 1. The van der Waals surface area contributed by atoms with Crippen LogP contribution in [0.25, 0.3) is 0 Å². The maximum absolute atomic E-state index is 7.06. The van der Waals surface area contributed by atoms with Gasteiger partial charge in [0.25, 0.3) is 0 Å². The molecule has 4 nitrogen and oxygen atoms in total. The van der Waals surface area contributed by atoms with Crippen LogP contribution in [0, 0.1) is 23.7 Å². The van der Waals surface area contributed by atoms with E-state index in [1.165, 1.54) is 56.9 Å². The molecule has 0 aromatic heterocycles. The van der Waals surface area contributed by atoms with Gasteiger partial charge in [0.2, 0.25) is 0 Å². The van der Waals surface area contributed by atoms with E-state index in [-0.39, 0.29) is 17.4 Å². The van der Waals surface area contributed by atoms with Gasteiger partial charge in [-0.2, -0.15) is 0 Å². The molecule has 0 spiro atoms. The van der Waals surface area contributed by atoms with E-state index >= 15 is 0 Å². The molecule has 27 heavy (non-hydrogen) atoms. The molecule has 4 bridgehead atoms. The second-order valence-corrected chi connectivity index (χ2v) is 10.4. The molecule has 0 amide bonds. The van der Waals surface area contributed by atoms with Crippen molar-refractivity contribution < 1.29 is 4.74 Å². The Hall–Kier alpha value is -0.840. The summed E-state index contributed by atoms with van der Waals surface area (Å²) in [6.07, 6.45) is 19.1. The Morgan fingerprint density at radius 3 is 2.85 bits per heavy atom. The van der Waals surface area contributed by atoms with Crippen molar-refractivity contribution in [3.8, 4) is 0 Å². The Morgan fingerprint density at radius 2 is 2.07 bits per heavy atom. The van der Waals surface area contributed by atoms with Gasteiger partial charge in [-0.15, -0.1) is 0 Å². The number of rotatable bonds is 3. The van der Waals surface area contributed by atoms with Crippen LogP contribution in [0.4, 0.5) is 0 Å². The molecule has 8 atom stereocenters. The molecule has 8 unspecified atom stereocenters. The number of hydrogen-bond donors (Lipinski definition) is 3. The maximum atomic E-state index is 7.06. The minimum absolute atomic E-state index is 0.0285. The van der Waals surface area contributed by atoms with E-state index in [1.807, 2.05) is 0 Å². The minimum atomic E-state index is -0.0285. The van der Waals surface area contributed by atoms with Crippen molar-refractivity contribution in [1.29, 1.82) is 0 Å². The van der Waals surface area contributed by atoms with Crippen LogP contribution in [0.1, 0.15) is 71.1 Å². The van der Waals surface area contributed by atoms with Gasteiger partial charge in [0.1, 0.15) is 0 Å². The quantitative estimate of drug-likeness (QED) is 0.709. The van der Waals surface area contributed by atoms with Crippen molar-refractivity contribution >= 4 is 0 Å². The zero-order valence-corrected chi connectivity index (χ0v) is 16.8. The lowest BCUT2D eigenvalue weighted by molar-refractivity contribution is -0.306. The van der Waals surface area contributed by atoms with Crippen LogP contribution in [0.5, 0.6) is 0 Å². The summed E-state index contributed by atoms with van der Waals surface area (Å²) in [4.78, 5) is 0. The van der Waals surface area contributed by atoms with Crippen LogP contribution < -0.4 is 16.8 Å². The monoisotopic (exact) mass is 371 g/mol. The van der Waals surface area contributed by atoms with Crippen molar-refractivity contribution in [3.63, 3.8) is 0 Å². The summed E-state index contributed by atoms with van der Waals surface area (Å²) in [7, 11) is 0. The van der Waals surface area contributed by atoms with Crippen molar-refractivity contribution in [3.05, 3.63) is 23.9 Å². The van der Waals surface area contributed by atoms with Crippen LogP contribution >= 0.6 is 0 Å². The van der Waals surface area contributed by atoms with Crippen molar-refractivity contribution in [2.24, 2.45) is 35.1 Å². The largest absolute Gasteiger partial charge is 0.372 e. The summed E-state index contributed by atoms with van der Waals surface area (Å²) in [6.45, 7) is 2.38. The highest BCUT2D eigenvalue weighted by molar-refractivity contribution is 5.24. The zero-order chi connectivity index (χ0) is 18.6. The van der Waals surface area contributed by atoms with E-state index in [1.54, 1.807) is 0 Å². The Bertz CT molecular complexity index is 646. The Morgan fingerprint density at radius 1 is 1.19 bits per heavy atom. The summed E-state index contributed by atoms with van der Waals surface area (Å²) in [5.74, 6) is 2.85. The average molecular weight is 372 g/mol. The number of hydrogen-bond acceptors (Lipinski definition) is 4. The second-order valence-electron chi connectivity index (χ2n) is 10.4. The lowest BCUT2D eigenvalue weighted by Gasteiger charge is -2.66. The first kappa shape index (κ1) is 18.2. The predicted octanol–water partition coefficient (Wildman–Crippen LogP) is 3.58. The highest BCUT2D eigenvalue weighted by atomic mass is 16.5. The van der Waals surface area contributed by atoms with E-state index in [9.17, 15) is 0 Å². The molecule has 3 aliphatic carbocycles. The number of allylic oxidation sites excluding steroid dienone is 2. The van der Waals surface area contributed by atoms with Crippen LogP contribution in [-0.2, 0) is 4.74 Å². The average Bonchev–Trinajstić information content (AvgIpc) is 2.63. The van der Waals surface area contributed by atoms with Crippen molar-refractivity contribution in [2.75, 3.05) is 0 Å². The van der Waals surface area contributed by atoms with Gasteiger partial charge in [-0.05, 0) is 81.3 Å². The molecule has 6 rings (SSSR count). The van der Waals surface area contributed by atoms with Crippen LogP contribution in [0.15, 0.2) is 23.9 Å². The number of ether oxygens (including phenoxy) is 1. The van der Waals surface area contributed by atoms with E-state index in [0.29, 0.717) is 17.9 Å². The summed E-state index contributed by atoms with van der Waals surface area (Å²) < 4.78 is 7.06. The molecular weight excluding hydrogens is 334 g/mol. The van der Waals surface area contributed by atoms with Crippen molar-refractivity contribution in [2.45, 2.75) is 94.5 Å². The van der Waals surface area contributed by atoms with Crippen LogP contribution in [0.2, 0.25) is 0 Å². The molecule has 5 N–H and O–H groups in total. The molecule has 0 aromatic carbocycles. The fourth-order valence-electron chi connectivity index (χ4n) is 7.68. The smallest absolute Gasteiger partial charge is 0.0934 e. The van der Waals surface area contributed by atoms with Crippen LogP contribution in [-0.4, -0.2) is 23.4 Å². The molecule has 150 valence electrons. The first-order valence-corrected chi connectivity index (χ1v) is 11.3. The topological polar surface area (TPSA) is 73.3 Å². The summed E-state index contributed by atoms with van der Waals surface area (Å²) in [5.41, 5.74) is 14.2. The molecule has 3 saturated carbocycles. The number of dihydropyridines is 1. The van der Waals surface area contributed by atoms with E-state index < -0.39 is 0 Å². The summed E-state index contributed by atoms with van der Waals surface area (Å²) >= 11 is 0. The standard InChI is InChI=1S/C23H37N3O/c1-22-9-3-5-17-12-23(27-22,13-19(24)21(17)22)18-6-2-4-15(11-18)10-16-7-8-20(25)26-14-16/h7-8,14-15,17-21,26H,2-6,9-13,24-25H2,1H3. The van der Waals surface area contributed by atoms with Gasteiger partial charge in [0.05, 0.1) is 17.4 Å². The van der Waals surface area contributed by atoms with Gasteiger partial charge in [-0.3, -0.25) is 0 Å².